The van der Waals surface area contributed by atoms with Crippen LogP contribution in [0.25, 0.3) is 0 Å². The molecule has 0 radical (unpaired) electrons. The maximum Gasteiger partial charge on any atom is 0.307 e. The third kappa shape index (κ3) is 2.61. The Labute approximate surface area is 107 Å². The minimum Gasteiger partial charge on any atom is -0.309 e. The van der Waals surface area contributed by atoms with Crippen molar-refractivity contribution in [3.63, 3.8) is 0 Å². The fraction of sp³-hybridized carbons (Fsp3) is 0.500. The molecule has 0 aliphatic carbocycles. The highest BCUT2D eigenvalue weighted by atomic mass is 32.2. The summed E-state index contributed by atoms with van der Waals surface area (Å²) >= 11 is 2.87. The summed E-state index contributed by atoms with van der Waals surface area (Å²) in [6.07, 6.45) is 0. The zero-order valence-corrected chi connectivity index (χ0v) is 11.6. The lowest BCUT2D eigenvalue weighted by atomic mass is 10.5. The van der Waals surface area contributed by atoms with E-state index in [0.29, 0.717) is 6.54 Å². The Hall–Kier alpha value is -1.08. The van der Waals surface area contributed by atoms with Gasteiger partial charge in [-0.25, -0.2) is 0 Å². The molecule has 0 atom stereocenters. The predicted molar refractivity (Wildman–Crippen MR) is 69.8 cm³/mol. The molecule has 92 valence electrons. The molecule has 2 aromatic rings. The molecule has 17 heavy (non-hydrogen) atoms. The first-order valence-electron chi connectivity index (χ1n) is 5.23. The Kier molecular flexibility index (Phi) is 3.68. The van der Waals surface area contributed by atoms with E-state index in [9.17, 15) is 4.79 Å². The molecule has 0 aliphatic heterocycles. The van der Waals surface area contributed by atoms with E-state index in [1.807, 2.05) is 30.8 Å². The summed E-state index contributed by atoms with van der Waals surface area (Å²) in [5.41, 5.74) is 1.02. The molecule has 7 heteroatoms. The Bertz CT molecular complexity index is 569. The summed E-state index contributed by atoms with van der Waals surface area (Å²) in [6.45, 7) is 4.59. The molecule has 0 fully saturated rings. The van der Waals surface area contributed by atoms with E-state index in [2.05, 4.69) is 10.2 Å². The Morgan fingerprint density at radius 3 is 2.71 bits per heavy atom. The molecule has 0 saturated heterocycles. The first kappa shape index (κ1) is 12.4. The van der Waals surface area contributed by atoms with Crippen LogP contribution in [0.1, 0.15) is 11.5 Å². The summed E-state index contributed by atoms with van der Waals surface area (Å²) in [4.78, 5) is 11.6. The van der Waals surface area contributed by atoms with Crippen LogP contribution in [0.15, 0.2) is 15.3 Å². The van der Waals surface area contributed by atoms with Crippen LogP contribution in [0, 0.1) is 13.8 Å². The van der Waals surface area contributed by atoms with Crippen molar-refractivity contribution in [2.45, 2.75) is 25.5 Å². The van der Waals surface area contributed by atoms with Crippen molar-refractivity contribution in [1.29, 1.82) is 0 Å². The van der Waals surface area contributed by atoms with Crippen LogP contribution in [0.3, 0.4) is 0 Å². The van der Waals surface area contributed by atoms with Crippen molar-refractivity contribution in [1.82, 2.24) is 19.3 Å². The van der Waals surface area contributed by atoms with Crippen LogP contribution in [0.4, 0.5) is 0 Å². The Balaban J connectivity index is 1.97. The summed E-state index contributed by atoms with van der Waals surface area (Å²) < 4.78 is 3.74. The number of aryl methyl sites for hydroxylation is 2. The second-order valence-electron chi connectivity index (χ2n) is 3.73. The van der Waals surface area contributed by atoms with E-state index in [-0.39, 0.29) is 4.87 Å². The second kappa shape index (κ2) is 5.05. The first-order chi connectivity index (χ1) is 8.09. The molecular formula is C10H14N4OS2. The van der Waals surface area contributed by atoms with Gasteiger partial charge in [0.15, 0.2) is 5.16 Å². The van der Waals surface area contributed by atoms with Crippen molar-refractivity contribution in [3.8, 4) is 0 Å². The van der Waals surface area contributed by atoms with E-state index in [1.165, 1.54) is 11.3 Å². The van der Waals surface area contributed by atoms with Gasteiger partial charge in [0.05, 0.1) is 0 Å². The SMILES string of the molecule is Cc1nnc(SCCn2c(C)csc2=O)n1C. The van der Waals surface area contributed by atoms with Gasteiger partial charge in [0.25, 0.3) is 0 Å². The van der Waals surface area contributed by atoms with Gasteiger partial charge in [-0.05, 0) is 13.8 Å². The quantitative estimate of drug-likeness (QED) is 0.789. The molecule has 5 nitrogen and oxygen atoms in total. The normalized spacial score (nSPS) is 11.0. The van der Waals surface area contributed by atoms with Crippen molar-refractivity contribution in [3.05, 3.63) is 26.6 Å². The molecule has 0 aliphatic rings. The van der Waals surface area contributed by atoms with Crippen LogP contribution in [-0.4, -0.2) is 25.1 Å². The highest BCUT2D eigenvalue weighted by Crippen LogP contribution is 2.15. The lowest BCUT2D eigenvalue weighted by Crippen LogP contribution is -2.15. The molecule has 2 rings (SSSR count). The van der Waals surface area contributed by atoms with E-state index in [1.54, 1.807) is 16.3 Å². The summed E-state index contributed by atoms with van der Waals surface area (Å²) in [5.74, 6) is 1.72. The zero-order chi connectivity index (χ0) is 12.4. The highest BCUT2D eigenvalue weighted by molar-refractivity contribution is 7.99. The van der Waals surface area contributed by atoms with Gasteiger partial charge >= 0.3 is 4.87 Å². The molecule has 0 unspecified atom stereocenters. The molecule has 0 N–H and O–H groups in total. The topological polar surface area (TPSA) is 52.7 Å². The second-order valence-corrected chi connectivity index (χ2v) is 5.61. The third-order valence-corrected chi connectivity index (χ3v) is 4.46. The summed E-state index contributed by atoms with van der Waals surface area (Å²) in [7, 11) is 1.94. The third-order valence-electron chi connectivity index (χ3n) is 2.58. The summed E-state index contributed by atoms with van der Waals surface area (Å²) in [5, 5.41) is 10.8. The van der Waals surface area contributed by atoms with Crippen LogP contribution in [-0.2, 0) is 13.6 Å². The standard InChI is InChI=1S/C10H14N4OS2/c1-7-6-17-10(15)14(7)4-5-16-9-12-11-8(2)13(9)3/h6H,4-5H2,1-3H3. The fourth-order valence-electron chi connectivity index (χ4n) is 1.42. The highest BCUT2D eigenvalue weighted by Gasteiger charge is 2.06. The summed E-state index contributed by atoms with van der Waals surface area (Å²) in [6, 6.07) is 0. The average Bonchev–Trinajstić information content (AvgIpc) is 2.78. The number of thioether (sulfide) groups is 1. The van der Waals surface area contributed by atoms with Crippen molar-refractivity contribution in [2.75, 3.05) is 5.75 Å². The van der Waals surface area contributed by atoms with Gasteiger partial charge in [-0.3, -0.25) is 4.79 Å². The van der Waals surface area contributed by atoms with Crippen molar-refractivity contribution in [2.24, 2.45) is 7.05 Å². The van der Waals surface area contributed by atoms with Crippen LogP contribution in [0.5, 0.6) is 0 Å². The van der Waals surface area contributed by atoms with Gasteiger partial charge in [-0.15, -0.1) is 10.2 Å². The molecule has 0 saturated carbocycles. The molecule has 0 aromatic carbocycles. The smallest absolute Gasteiger partial charge is 0.307 e. The van der Waals surface area contributed by atoms with Crippen molar-refractivity contribution >= 4 is 23.1 Å². The Morgan fingerprint density at radius 2 is 2.18 bits per heavy atom. The van der Waals surface area contributed by atoms with E-state index >= 15 is 0 Å². The van der Waals surface area contributed by atoms with E-state index in [0.717, 1.165) is 22.4 Å². The first-order valence-corrected chi connectivity index (χ1v) is 7.10. The minimum atomic E-state index is 0.109. The maximum atomic E-state index is 11.5. The lowest BCUT2D eigenvalue weighted by Gasteiger charge is -2.04. The molecular weight excluding hydrogens is 256 g/mol. The number of aromatic nitrogens is 4. The van der Waals surface area contributed by atoms with Crippen LogP contribution in [0.2, 0.25) is 0 Å². The van der Waals surface area contributed by atoms with Crippen LogP contribution < -0.4 is 4.87 Å². The molecule has 2 aromatic heterocycles. The number of hydrogen-bond acceptors (Lipinski definition) is 5. The Morgan fingerprint density at radius 1 is 1.41 bits per heavy atom. The fourth-order valence-corrected chi connectivity index (χ4v) is 3.06. The molecule has 2 heterocycles. The number of thiazole rings is 1. The van der Waals surface area contributed by atoms with Gasteiger partial charge < -0.3 is 9.13 Å². The number of hydrogen-bond donors (Lipinski definition) is 0. The van der Waals surface area contributed by atoms with Gasteiger partial charge in [-0.2, -0.15) is 0 Å². The monoisotopic (exact) mass is 270 g/mol. The number of rotatable bonds is 4. The molecule has 0 bridgehead atoms. The van der Waals surface area contributed by atoms with E-state index in [4.69, 9.17) is 0 Å². The molecule has 0 spiro atoms. The van der Waals surface area contributed by atoms with E-state index < -0.39 is 0 Å². The van der Waals surface area contributed by atoms with Gasteiger partial charge in [0, 0.05) is 30.4 Å². The minimum absolute atomic E-state index is 0.109. The number of nitrogens with zero attached hydrogens (tertiary/aromatic N) is 4. The lowest BCUT2D eigenvalue weighted by molar-refractivity contribution is 0.724. The van der Waals surface area contributed by atoms with Gasteiger partial charge in [0.2, 0.25) is 0 Å². The van der Waals surface area contributed by atoms with Gasteiger partial charge in [0.1, 0.15) is 5.82 Å². The van der Waals surface area contributed by atoms with Gasteiger partial charge in [-0.1, -0.05) is 23.1 Å². The average molecular weight is 270 g/mol. The zero-order valence-electron chi connectivity index (χ0n) is 10.0. The van der Waals surface area contributed by atoms with Crippen LogP contribution >= 0.6 is 23.1 Å². The largest absolute Gasteiger partial charge is 0.309 e. The predicted octanol–water partition coefficient (Wildman–Crippen LogP) is 1.45. The molecule has 0 amide bonds. The maximum absolute atomic E-state index is 11.5. The van der Waals surface area contributed by atoms with Crippen molar-refractivity contribution < 1.29 is 0 Å².